The summed E-state index contributed by atoms with van der Waals surface area (Å²) in [4.78, 5) is 2.45. The molecule has 1 atom stereocenters. The Bertz CT molecular complexity index is 329. The summed E-state index contributed by atoms with van der Waals surface area (Å²) in [6, 6.07) is 8.17. The highest BCUT2D eigenvalue weighted by atomic mass is 16.5. The molecule has 2 rings (SSSR count). The molecule has 0 aromatic heterocycles. The molecule has 0 unspecified atom stereocenters. The van der Waals surface area contributed by atoms with Crippen molar-refractivity contribution in [2.75, 3.05) is 26.2 Å². The van der Waals surface area contributed by atoms with Crippen molar-refractivity contribution in [1.29, 1.82) is 0 Å². The molecule has 0 radical (unpaired) electrons. The predicted octanol–water partition coefficient (Wildman–Crippen LogP) is 2.18. The lowest BCUT2D eigenvalue weighted by Gasteiger charge is -2.15. The lowest BCUT2D eigenvalue weighted by Crippen LogP contribution is -2.25. The van der Waals surface area contributed by atoms with Gasteiger partial charge in [0.2, 0.25) is 0 Å². The molecule has 0 aliphatic carbocycles. The topological polar surface area (TPSA) is 38.5 Å². The number of hydrogen-bond donors (Lipinski definition) is 1. The SMILES string of the molecule is C[C@@H](N)c1ccc(OCCN2CCCC2)cc1. The van der Waals surface area contributed by atoms with E-state index >= 15 is 0 Å². The zero-order valence-corrected chi connectivity index (χ0v) is 10.6. The summed E-state index contributed by atoms with van der Waals surface area (Å²) in [6.07, 6.45) is 2.67. The van der Waals surface area contributed by atoms with Gasteiger partial charge < -0.3 is 10.5 Å². The Hall–Kier alpha value is -1.06. The minimum Gasteiger partial charge on any atom is -0.492 e. The van der Waals surface area contributed by atoms with E-state index in [2.05, 4.69) is 4.90 Å². The van der Waals surface area contributed by atoms with Gasteiger partial charge in [0, 0.05) is 12.6 Å². The molecule has 1 saturated heterocycles. The van der Waals surface area contributed by atoms with Crippen LogP contribution in [0.25, 0.3) is 0 Å². The minimum atomic E-state index is 0.0913. The van der Waals surface area contributed by atoms with Gasteiger partial charge in [-0.3, -0.25) is 4.90 Å². The van der Waals surface area contributed by atoms with Gasteiger partial charge in [-0.05, 0) is 50.6 Å². The molecule has 1 fully saturated rings. The number of rotatable bonds is 5. The third kappa shape index (κ3) is 3.72. The van der Waals surface area contributed by atoms with E-state index in [1.54, 1.807) is 0 Å². The van der Waals surface area contributed by atoms with Crippen LogP contribution in [0.3, 0.4) is 0 Å². The number of ether oxygens (including phenoxy) is 1. The van der Waals surface area contributed by atoms with Crippen molar-refractivity contribution in [1.82, 2.24) is 4.90 Å². The second-order valence-electron chi connectivity index (χ2n) is 4.75. The molecule has 1 aliphatic rings. The highest BCUT2D eigenvalue weighted by Gasteiger charge is 2.10. The molecule has 1 heterocycles. The average Bonchev–Trinajstić information content (AvgIpc) is 2.83. The largest absolute Gasteiger partial charge is 0.492 e. The van der Waals surface area contributed by atoms with E-state index < -0.39 is 0 Å². The van der Waals surface area contributed by atoms with Crippen LogP contribution in [0.2, 0.25) is 0 Å². The van der Waals surface area contributed by atoms with Gasteiger partial charge in [-0.25, -0.2) is 0 Å². The molecule has 3 heteroatoms. The predicted molar refractivity (Wildman–Crippen MR) is 70.2 cm³/mol. The van der Waals surface area contributed by atoms with Crippen LogP contribution in [-0.4, -0.2) is 31.1 Å². The van der Waals surface area contributed by atoms with E-state index in [9.17, 15) is 0 Å². The van der Waals surface area contributed by atoms with E-state index in [0.717, 1.165) is 24.5 Å². The van der Waals surface area contributed by atoms with Gasteiger partial charge in [-0.2, -0.15) is 0 Å². The normalized spacial score (nSPS) is 18.2. The third-order valence-electron chi connectivity index (χ3n) is 3.28. The third-order valence-corrected chi connectivity index (χ3v) is 3.28. The summed E-state index contributed by atoms with van der Waals surface area (Å²) >= 11 is 0. The first-order valence-electron chi connectivity index (χ1n) is 6.46. The van der Waals surface area contributed by atoms with Crippen LogP contribution in [0, 0.1) is 0 Å². The molecule has 1 aromatic carbocycles. The smallest absolute Gasteiger partial charge is 0.119 e. The monoisotopic (exact) mass is 234 g/mol. The second kappa shape index (κ2) is 6.03. The fraction of sp³-hybridized carbons (Fsp3) is 0.571. The van der Waals surface area contributed by atoms with Crippen LogP contribution < -0.4 is 10.5 Å². The van der Waals surface area contributed by atoms with Crippen molar-refractivity contribution >= 4 is 0 Å². The molecule has 0 amide bonds. The van der Waals surface area contributed by atoms with Crippen LogP contribution in [0.1, 0.15) is 31.4 Å². The summed E-state index contributed by atoms with van der Waals surface area (Å²) < 4.78 is 5.72. The summed E-state index contributed by atoms with van der Waals surface area (Å²) in [6.45, 7) is 6.26. The van der Waals surface area contributed by atoms with Crippen LogP contribution in [0.5, 0.6) is 5.75 Å². The van der Waals surface area contributed by atoms with Gasteiger partial charge in [-0.15, -0.1) is 0 Å². The van der Waals surface area contributed by atoms with Crippen molar-refractivity contribution in [3.05, 3.63) is 29.8 Å². The Morgan fingerprint density at radius 2 is 1.88 bits per heavy atom. The first-order valence-corrected chi connectivity index (χ1v) is 6.46. The van der Waals surface area contributed by atoms with Crippen LogP contribution >= 0.6 is 0 Å². The highest BCUT2D eigenvalue weighted by Crippen LogP contribution is 2.16. The quantitative estimate of drug-likeness (QED) is 0.848. The van der Waals surface area contributed by atoms with Gasteiger partial charge in [-0.1, -0.05) is 12.1 Å². The Balaban J connectivity index is 1.74. The van der Waals surface area contributed by atoms with Crippen molar-refractivity contribution in [2.24, 2.45) is 5.73 Å². The van der Waals surface area contributed by atoms with E-state index in [-0.39, 0.29) is 6.04 Å². The van der Waals surface area contributed by atoms with Gasteiger partial charge in [0.25, 0.3) is 0 Å². The number of nitrogens with zero attached hydrogens (tertiary/aromatic N) is 1. The van der Waals surface area contributed by atoms with E-state index in [0.29, 0.717) is 0 Å². The van der Waals surface area contributed by atoms with Gasteiger partial charge in [0.1, 0.15) is 12.4 Å². The number of likely N-dealkylation sites (tertiary alicyclic amines) is 1. The van der Waals surface area contributed by atoms with Crippen LogP contribution in [0.4, 0.5) is 0 Å². The maximum Gasteiger partial charge on any atom is 0.119 e. The Labute approximate surface area is 104 Å². The van der Waals surface area contributed by atoms with Crippen LogP contribution in [0.15, 0.2) is 24.3 Å². The molecule has 17 heavy (non-hydrogen) atoms. The van der Waals surface area contributed by atoms with Crippen molar-refractivity contribution in [3.63, 3.8) is 0 Å². The molecule has 0 spiro atoms. The minimum absolute atomic E-state index is 0.0913. The summed E-state index contributed by atoms with van der Waals surface area (Å²) in [5, 5.41) is 0. The first-order chi connectivity index (χ1) is 8.25. The summed E-state index contributed by atoms with van der Waals surface area (Å²) in [7, 11) is 0. The van der Waals surface area contributed by atoms with E-state index in [4.69, 9.17) is 10.5 Å². The highest BCUT2D eigenvalue weighted by molar-refractivity contribution is 5.28. The number of nitrogens with two attached hydrogens (primary N) is 1. The van der Waals surface area contributed by atoms with Crippen molar-refractivity contribution in [2.45, 2.75) is 25.8 Å². The van der Waals surface area contributed by atoms with Gasteiger partial charge in [0.15, 0.2) is 0 Å². The lowest BCUT2D eigenvalue weighted by atomic mass is 10.1. The molecule has 94 valence electrons. The molecular weight excluding hydrogens is 212 g/mol. The van der Waals surface area contributed by atoms with Gasteiger partial charge >= 0.3 is 0 Å². The maximum absolute atomic E-state index is 5.80. The Kier molecular flexibility index (Phi) is 4.40. The van der Waals surface area contributed by atoms with Crippen LogP contribution in [-0.2, 0) is 0 Å². The summed E-state index contributed by atoms with van der Waals surface area (Å²) in [5.41, 5.74) is 6.95. The second-order valence-corrected chi connectivity index (χ2v) is 4.75. The molecule has 1 aliphatic heterocycles. The zero-order chi connectivity index (χ0) is 12.1. The molecule has 0 saturated carbocycles. The molecule has 2 N–H and O–H groups in total. The number of benzene rings is 1. The molecule has 3 nitrogen and oxygen atoms in total. The summed E-state index contributed by atoms with van der Waals surface area (Å²) in [5.74, 6) is 0.939. The molecule has 0 bridgehead atoms. The van der Waals surface area contributed by atoms with E-state index in [1.807, 2.05) is 31.2 Å². The fourth-order valence-corrected chi connectivity index (χ4v) is 2.17. The lowest BCUT2D eigenvalue weighted by molar-refractivity contribution is 0.237. The molecular formula is C14H22N2O. The Morgan fingerprint density at radius 3 is 2.47 bits per heavy atom. The molecule has 1 aromatic rings. The Morgan fingerprint density at radius 1 is 1.24 bits per heavy atom. The van der Waals surface area contributed by atoms with Crippen molar-refractivity contribution in [3.8, 4) is 5.75 Å². The van der Waals surface area contributed by atoms with Crippen molar-refractivity contribution < 1.29 is 4.74 Å². The zero-order valence-electron chi connectivity index (χ0n) is 10.6. The number of hydrogen-bond acceptors (Lipinski definition) is 3. The average molecular weight is 234 g/mol. The maximum atomic E-state index is 5.80. The fourth-order valence-electron chi connectivity index (χ4n) is 2.17. The van der Waals surface area contributed by atoms with Gasteiger partial charge in [0.05, 0.1) is 0 Å². The van der Waals surface area contributed by atoms with E-state index in [1.165, 1.54) is 25.9 Å². The standard InChI is InChI=1S/C14H22N2O/c1-12(15)13-4-6-14(7-5-13)17-11-10-16-8-2-3-9-16/h4-7,12H,2-3,8-11,15H2,1H3/t12-/m1/s1. The first kappa shape index (κ1) is 12.4.